The van der Waals surface area contributed by atoms with Crippen molar-refractivity contribution in [2.45, 2.75) is 12.8 Å². The van der Waals surface area contributed by atoms with Crippen molar-refractivity contribution < 1.29 is 28.8 Å². The molecule has 0 saturated carbocycles. The molecule has 1 N–H and O–H groups in total. The maximum Gasteiger partial charge on any atom is 0.341 e. The summed E-state index contributed by atoms with van der Waals surface area (Å²) in [5, 5.41) is 9.54. The maximum absolute atomic E-state index is 10.9. The summed E-state index contributed by atoms with van der Waals surface area (Å²) in [5.74, 6) is 1.41. The first-order chi connectivity index (χ1) is 15.0. The number of fused-ring (bicyclic) bond motifs is 1. The smallest absolute Gasteiger partial charge is 0.341 e. The lowest BCUT2D eigenvalue weighted by molar-refractivity contribution is -0.139. The van der Waals surface area contributed by atoms with Crippen molar-refractivity contribution >= 4 is 17.6 Å². The molecule has 1 radical (unpaired) electrons. The van der Waals surface area contributed by atoms with Crippen molar-refractivity contribution in [3.05, 3.63) is 81.9 Å². The molecule has 1 aliphatic heterocycles. The number of hydrogen-bond acceptors (Lipinski definition) is 5. The zero-order valence-corrected chi connectivity index (χ0v) is 17.6. The third-order valence-electron chi connectivity index (χ3n) is 4.88. The second kappa shape index (κ2) is 9.18. The molecule has 6 nitrogen and oxygen atoms in total. The Morgan fingerprint density at radius 2 is 1.90 bits per heavy atom. The van der Waals surface area contributed by atoms with Crippen LogP contribution >= 0.6 is 11.6 Å². The van der Waals surface area contributed by atoms with Crippen molar-refractivity contribution in [2.24, 2.45) is 0 Å². The largest absolute Gasteiger partial charge is 0.497 e. The zero-order valence-electron chi connectivity index (χ0n) is 16.8. The molecule has 0 bridgehead atoms. The molecule has 0 aliphatic carbocycles. The van der Waals surface area contributed by atoms with Crippen LogP contribution in [0.25, 0.3) is 0 Å². The Morgan fingerprint density at radius 1 is 1.10 bits per heavy atom. The highest BCUT2D eigenvalue weighted by molar-refractivity contribution is 6.31. The first kappa shape index (κ1) is 20.9. The minimum atomic E-state index is -1.03. The van der Waals surface area contributed by atoms with Crippen molar-refractivity contribution in [2.75, 3.05) is 20.5 Å². The molecule has 0 fully saturated rings. The van der Waals surface area contributed by atoms with E-state index in [0.717, 1.165) is 22.3 Å². The van der Waals surface area contributed by atoms with Crippen LogP contribution in [-0.2, 0) is 17.6 Å². The fraction of sp³-hybridized carbons (Fsp3) is 0.208. The number of halogens is 1. The first-order valence-corrected chi connectivity index (χ1v) is 9.98. The quantitative estimate of drug-likeness (QED) is 0.556. The Hall–Kier alpha value is -3.38. The van der Waals surface area contributed by atoms with Crippen LogP contribution in [0.15, 0.2) is 48.5 Å². The topological polar surface area (TPSA) is 74.2 Å². The molecule has 159 valence electrons. The lowest BCUT2D eigenvalue weighted by atomic mass is 9.99. The Balaban J connectivity index is 1.48. The van der Waals surface area contributed by atoms with Crippen LogP contribution < -0.4 is 18.9 Å². The summed E-state index contributed by atoms with van der Waals surface area (Å²) in [6, 6.07) is 18.3. The third kappa shape index (κ3) is 5.03. The predicted molar refractivity (Wildman–Crippen MR) is 115 cm³/mol. The number of benzene rings is 3. The number of ether oxygens (including phenoxy) is 4. The summed E-state index contributed by atoms with van der Waals surface area (Å²) < 4.78 is 21.4. The van der Waals surface area contributed by atoms with Crippen LogP contribution in [0.2, 0.25) is 5.02 Å². The van der Waals surface area contributed by atoms with Gasteiger partial charge in [-0.05, 0) is 46.9 Å². The van der Waals surface area contributed by atoms with Gasteiger partial charge in [0, 0.05) is 23.6 Å². The number of rotatable bonds is 8. The lowest BCUT2D eigenvalue weighted by Crippen LogP contribution is -2.10. The third-order valence-corrected chi connectivity index (χ3v) is 5.24. The molecule has 7 heteroatoms. The molecule has 0 saturated heterocycles. The molecule has 0 amide bonds. The van der Waals surface area contributed by atoms with Crippen LogP contribution in [0.5, 0.6) is 23.0 Å². The van der Waals surface area contributed by atoms with E-state index in [4.69, 9.17) is 35.7 Å². The van der Waals surface area contributed by atoms with Gasteiger partial charge in [-0.25, -0.2) is 4.79 Å². The highest BCUT2D eigenvalue weighted by atomic mass is 35.5. The molecular formula is C24H20ClO6. The highest BCUT2D eigenvalue weighted by Gasteiger charge is 2.17. The van der Waals surface area contributed by atoms with E-state index < -0.39 is 12.6 Å². The van der Waals surface area contributed by atoms with Crippen molar-refractivity contribution in [1.82, 2.24) is 0 Å². The Morgan fingerprint density at radius 3 is 2.61 bits per heavy atom. The fourth-order valence-corrected chi connectivity index (χ4v) is 3.53. The van der Waals surface area contributed by atoms with E-state index in [-0.39, 0.29) is 6.79 Å². The molecule has 0 atom stereocenters. The van der Waals surface area contributed by atoms with Gasteiger partial charge in [0.2, 0.25) is 6.79 Å². The van der Waals surface area contributed by atoms with Gasteiger partial charge in [-0.2, -0.15) is 0 Å². The average molecular weight is 440 g/mol. The average Bonchev–Trinajstić information content (AvgIpc) is 3.21. The molecule has 3 aromatic carbocycles. The van der Waals surface area contributed by atoms with Gasteiger partial charge in [0.15, 0.2) is 18.1 Å². The lowest BCUT2D eigenvalue weighted by Gasteiger charge is -2.12. The number of carboxylic acids is 1. The van der Waals surface area contributed by atoms with E-state index in [0.29, 0.717) is 40.9 Å². The van der Waals surface area contributed by atoms with E-state index in [1.807, 2.05) is 36.4 Å². The number of carbonyl (C=O) groups is 1. The Labute approximate surface area is 184 Å². The standard InChI is InChI=1S/C24H20ClO6/c1-28-19-7-6-17(21(11-19)29-13-24(26)27)8-15-2-4-16(5-3-15)9-18-10-22-23(12-20(18)25)31-14-30-22/h2-4,6-7,10-12H,8-9,13-14H2,1H3,(H,26,27). The van der Waals surface area contributed by atoms with E-state index in [9.17, 15) is 4.79 Å². The highest BCUT2D eigenvalue weighted by Crippen LogP contribution is 2.37. The van der Waals surface area contributed by atoms with Gasteiger partial charge >= 0.3 is 5.97 Å². The second-order valence-corrected chi connectivity index (χ2v) is 7.44. The van der Waals surface area contributed by atoms with Gasteiger partial charge in [0.25, 0.3) is 0 Å². The van der Waals surface area contributed by atoms with Gasteiger partial charge < -0.3 is 24.1 Å². The van der Waals surface area contributed by atoms with Gasteiger partial charge in [-0.15, -0.1) is 0 Å². The summed E-state index contributed by atoms with van der Waals surface area (Å²) in [6.45, 7) is -0.207. The summed E-state index contributed by atoms with van der Waals surface area (Å²) in [6.07, 6.45) is 1.19. The number of methoxy groups -OCH3 is 1. The minimum Gasteiger partial charge on any atom is -0.497 e. The molecule has 3 aromatic rings. The van der Waals surface area contributed by atoms with E-state index in [2.05, 4.69) is 6.07 Å². The number of carboxylic acid groups (broad SMARTS) is 1. The molecule has 0 unspecified atom stereocenters. The first-order valence-electron chi connectivity index (χ1n) is 9.61. The van der Waals surface area contributed by atoms with Gasteiger partial charge in [0.1, 0.15) is 11.5 Å². The van der Waals surface area contributed by atoms with Crippen LogP contribution in [0, 0.1) is 6.07 Å². The fourth-order valence-electron chi connectivity index (χ4n) is 3.31. The molecule has 0 spiro atoms. The number of aliphatic carboxylic acids is 1. The van der Waals surface area contributed by atoms with E-state index in [1.165, 1.54) is 0 Å². The molecular weight excluding hydrogens is 420 g/mol. The maximum atomic E-state index is 10.9. The summed E-state index contributed by atoms with van der Waals surface area (Å²) >= 11 is 6.38. The molecule has 31 heavy (non-hydrogen) atoms. The van der Waals surface area contributed by atoms with E-state index >= 15 is 0 Å². The Bertz CT molecular complexity index is 1090. The van der Waals surface area contributed by atoms with Crippen molar-refractivity contribution in [3.8, 4) is 23.0 Å². The summed E-state index contributed by atoms with van der Waals surface area (Å²) in [4.78, 5) is 10.9. The normalized spacial score (nSPS) is 11.9. The molecule has 0 aromatic heterocycles. The van der Waals surface area contributed by atoms with Crippen LogP contribution in [0.4, 0.5) is 0 Å². The SMILES string of the molecule is COc1ccc(Cc2c[c]c(Cc3cc4c(cc3Cl)OCO4)cc2)c(OCC(=O)O)c1. The zero-order chi connectivity index (χ0) is 21.8. The molecule has 1 heterocycles. The van der Waals surface area contributed by atoms with Crippen molar-refractivity contribution in [3.63, 3.8) is 0 Å². The minimum absolute atomic E-state index is 0.208. The number of hydrogen-bond donors (Lipinski definition) is 1. The molecule has 1 aliphatic rings. The molecule has 4 rings (SSSR count). The van der Waals surface area contributed by atoms with Crippen LogP contribution in [0.3, 0.4) is 0 Å². The van der Waals surface area contributed by atoms with Crippen molar-refractivity contribution in [1.29, 1.82) is 0 Å². The van der Waals surface area contributed by atoms with E-state index in [1.54, 1.807) is 19.2 Å². The second-order valence-electron chi connectivity index (χ2n) is 7.03. The van der Waals surface area contributed by atoms with Gasteiger partial charge in [0.05, 0.1) is 7.11 Å². The summed E-state index contributed by atoms with van der Waals surface area (Å²) in [7, 11) is 1.55. The monoisotopic (exact) mass is 439 g/mol. The van der Waals surface area contributed by atoms with Crippen LogP contribution in [-0.4, -0.2) is 31.6 Å². The van der Waals surface area contributed by atoms with Gasteiger partial charge in [-0.3, -0.25) is 0 Å². The summed E-state index contributed by atoms with van der Waals surface area (Å²) in [5.41, 5.74) is 3.81. The Kier molecular flexibility index (Phi) is 6.18. The van der Waals surface area contributed by atoms with Gasteiger partial charge in [-0.1, -0.05) is 35.9 Å². The predicted octanol–water partition coefficient (Wildman–Crippen LogP) is 4.52. The van der Waals surface area contributed by atoms with Crippen LogP contribution in [0.1, 0.15) is 22.3 Å².